The number of carbonyl (C=O) groups is 1. The summed E-state index contributed by atoms with van der Waals surface area (Å²) in [6, 6.07) is 17.8. The Labute approximate surface area is 140 Å². The quantitative estimate of drug-likeness (QED) is 0.690. The van der Waals surface area contributed by atoms with Crippen molar-refractivity contribution in [2.75, 3.05) is 5.32 Å². The summed E-state index contributed by atoms with van der Waals surface area (Å²) < 4.78 is 0. The summed E-state index contributed by atoms with van der Waals surface area (Å²) in [5, 5.41) is 4.97. The van der Waals surface area contributed by atoms with Gasteiger partial charge in [0.25, 0.3) is 0 Å². The minimum Gasteiger partial charge on any atom is -0.324 e. The minimum atomic E-state index is -0.121. The predicted octanol–water partition coefficient (Wildman–Crippen LogP) is 4.74. The van der Waals surface area contributed by atoms with Crippen molar-refractivity contribution in [2.24, 2.45) is 0 Å². The normalized spacial score (nSPS) is 12.0. The second-order valence-electron chi connectivity index (χ2n) is 5.22. The average molecular weight is 322 g/mol. The van der Waals surface area contributed by atoms with E-state index in [1.807, 2.05) is 61.5 Å². The van der Waals surface area contributed by atoms with E-state index in [0.29, 0.717) is 0 Å². The molecule has 1 heterocycles. The van der Waals surface area contributed by atoms with Crippen LogP contribution in [0.3, 0.4) is 0 Å². The Hall–Kier alpha value is -2.33. The van der Waals surface area contributed by atoms with E-state index < -0.39 is 0 Å². The molecule has 0 saturated carbocycles. The van der Waals surface area contributed by atoms with Gasteiger partial charge in [0, 0.05) is 22.7 Å². The molecule has 0 radical (unpaired) electrons. The second kappa shape index (κ2) is 7.29. The maximum atomic E-state index is 12.6. The van der Waals surface area contributed by atoms with E-state index in [2.05, 4.69) is 10.3 Å². The van der Waals surface area contributed by atoms with Crippen LogP contribution in [0.5, 0.6) is 0 Å². The van der Waals surface area contributed by atoms with Crippen molar-refractivity contribution in [3.8, 4) is 0 Å². The lowest BCUT2D eigenvalue weighted by Gasteiger charge is -2.15. The third kappa shape index (κ3) is 3.71. The first kappa shape index (κ1) is 15.6. The van der Waals surface area contributed by atoms with Gasteiger partial charge in [0.1, 0.15) is 0 Å². The number of amides is 1. The number of thioether (sulfide) groups is 1. The molecule has 0 bridgehead atoms. The number of fused-ring (bicyclic) bond motifs is 1. The molecule has 1 aromatic heterocycles. The number of nitrogens with zero attached hydrogens (tertiary/aromatic N) is 1. The number of carbonyl (C=O) groups excluding carboxylic acids is 1. The maximum absolute atomic E-state index is 12.6. The molecule has 0 saturated heterocycles. The van der Waals surface area contributed by atoms with E-state index in [9.17, 15) is 4.79 Å². The lowest BCUT2D eigenvalue weighted by atomic mass is 10.1. The highest BCUT2D eigenvalue weighted by Crippen LogP contribution is 2.28. The molecule has 2 aromatic carbocycles. The first-order chi connectivity index (χ1) is 11.3. The summed E-state index contributed by atoms with van der Waals surface area (Å²) in [5.41, 5.74) is 0.813. The van der Waals surface area contributed by atoms with E-state index in [4.69, 9.17) is 0 Å². The van der Waals surface area contributed by atoms with Crippen LogP contribution in [0, 0.1) is 0 Å². The van der Waals surface area contributed by atoms with E-state index >= 15 is 0 Å². The van der Waals surface area contributed by atoms with Gasteiger partial charge >= 0.3 is 0 Å². The van der Waals surface area contributed by atoms with Gasteiger partial charge in [-0.15, -0.1) is 11.8 Å². The fourth-order valence-electron chi connectivity index (χ4n) is 2.42. The van der Waals surface area contributed by atoms with Crippen molar-refractivity contribution < 1.29 is 4.79 Å². The van der Waals surface area contributed by atoms with Crippen molar-refractivity contribution in [3.05, 3.63) is 67.0 Å². The van der Waals surface area contributed by atoms with Crippen LogP contribution in [-0.4, -0.2) is 16.1 Å². The van der Waals surface area contributed by atoms with Crippen LogP contribution in [-0.2, 0) is 4.79 Å². The average Bonchev–Trinajstić information content (AvgIpc) is 2.61. The molecule has 3 nitrogen and oxygen atoms in total. The van der Waals surface area contributed by atoms with Gasteiger partial charge in [0.15, 0.2) is 0 Å². The van der Waals surface area contributed by atoms with Gasteiger partial charge in [0.2, 0.25) is 5.91 Å². The molecule has 1 unspecified atom stereocenters. The fourth-order valence-corrected chi connectivity index (χ4v) is 3.40. The van der Waals surface area contributed by atoms with Gasteiger partial charge in [-0.3, -0.25) is 9.78 Å². The van der Waals surface area contributed by atoms with Crippen molar-refractivity contribution in [1.82, 2.24) is 4.98 Å². The topological polar surface area (TPSA) is 42.0 Å². The van der Waals surface area contributed by atoms with Gasteiger partial charge < -0.3 is 5.32 Å². The van der Waals surface area contributed by atoms with Crippen LogP contribution in [0.2, 0.25) is 0 Å². The zero-order valence-electron chi connectivity index (χ0n) is 12.9. The minimum absolute atomic E-state index is 0.0257. The molecular weight excluding hydrogens is 304 g/mol. The largest absolute Gasteiger partial charge is 0.324 e. The van der Waals surface area contributed by atoms with Crippen LogP contribution in [0.15, 0.2) is 71.9 Å². The van der Waals surface area contributed by atoms with Crippen molar-refractivity contribution in [2.45, 2.75) is 23.5 Å². The molecule has 116 valence electrons. The highest BCUT2D eigenvalue weighted by Gasteiger charge is 2.18. The third-order valence-corrected chi connectivity index (χ3v) is 5.00. The van der Waals surface area contributed by atoms with Gasteiger partial charge in [-0.2, -0.15) is 0 Å². The number of hydrogen-bond donors (Lipinski definition) is 1. The molecule has 1 atom stereocenters. The molecule has 1 N–H and O–H groups in total. The van der Waals surface area contributed by atoms with Gasteiger partial charge in [-0.25, -0.2) is 0 Å². The Morgan fingerprint density at radius 2 is 1.96 bits per heavy atom. The molecule has 23 heavy (non-hydrogen) atoms. The summed E-state index contributed by atoms with van der Waals surface area (Å²) in [5.74, 6) is 0.0257. The Kier molecular flexibility index (Phi) is 4.93. The zero-order valence-corrected chi connectivity index (χ0v) is 13.7. The molecule has 4 heteroatoms. The standard InChI is InChI=1S/C19H18N2OS/c1-2-18(23-15-8-4-3-5-9-15)19(22)21-17-10-6-7-14-11-12-20-13-16(14)17/h3-13,18H,2H2,1H3,(H,21,22). The van der Waals surface area contributed by atoms with Crippen molar-refractivity contribution in [1.29, 1.82) is 0 Å². The van der Waals surface area contributed by atoms with Gasteiger partial charge in [-0.1, -0.05) is 37.3 Å². The van der Waals surface area contributed by atoms with Gasteiger partial charge in [0.05, 0.1) is 10.9 Å². The number of benzene rings is 2. The Bertz CT molecular complexity index is 799. The molecule has 0 aliphatic carbocycles. The summed E-state index contributed by atoms with van der Waals surface area (Å²) in [6.07, 6.45) is 4.32. The fraction of sp³-hybridized carbons (Fsp3) is 0.158. The van der Waals surface area contributed by atoms with E-state index in [1.165, 1.54) is 0 Å². The van der Waals surface area contributed by atoms with Crippen LogP contribution < -0.4 is 5.32 Å². The van der Waals surface area contributed by atoms with Gasteiger partial charge in [-0.05, 0) is 36.1 Å². The molecular formula is C19H18N2OS. The highest BCUT2D eigenvalue weighted by molar-refractivity contribution is 8.00. The van der Waals surface area contributed by atoms with Crippen molar-refractivity contribution >= 4 is 34.1 Å². The summed E-state index contributed by atoms with van der Waals surface area (Å²) >= 11 is 1.59. The number of pyridine rings is 1. The van der Waals surface area contributed by atoms with Crippen LogP contribution in [0.4, 0.5) is 5.69 Å². The molecule has 0 spiro atoms. The SMILES string of the molecule is CCC(Sc1ccccc1)C(=O)Nc1cccc2ccncc12. The lowest BCUT2D eigenvalue weighted by molar-refractivity contribution is -0.115. The van der Waals surface area contributed by atoms with Crippen molar-refractivity contribution in [3.63, 3.8) is 0 Å². The molecule has 1 amide bonds. The second-order valence-corrected chi connectivity index (χ2v) is 6.50. The number of rotatable bonds is 5. The molecule has 0 fully saturated rings. The number of anilines is 1. The number of aromatic nitrogens is 1. The predicted molar refractivity (Wildman–Crippen MR) is 96.8 cm³/mol. The Balaban J connectivity index is 1.79. The first-order valence-corrected chi connectivity index (χ1v) is 8.51. The highest BCUT2D eigenvalue weighted by atomic mass is 32.2. The number of hydrogen-bond acceptors (Lipinski definition) is 3. The third-order valence-electron chi connectivity index (χ3n) is 3.63. The lowest BCUT2D eigenvalue weighted by Crippen LogP contribution is -2.24. The van der Waals surface area contributed by atoms with E-state index in [1.54, 1.807) is 24.2 Å². The van der Waals surface area contributed by atoms with E-state index in [-0.39, 0.29) is 11.2 Å². The van der Waals surface area contributed by atoms with Crippen LogP contribution in [0.25, 0.3) is 10.8 Å². The van der Waals surface area contributed by atoms with Crippen LogP contribution in [0.1, 0.15) is 13.3 Å². The molecule has 3 aromatic rings. The van der Waals surface area contributed by atoms with Crippen LogP contribution >= 0.6 is 11.8 Å². The van der Waals surface area contributed by atoms with E-state index in [0.717, 1.165) is 27.8 Å². The molecule has 3 rings (SSSR count). The zero-order chi connectivity index (χ0) is 16.1. The number of nitrogens with one attached hydrogen (secondary N) is 1. The monoisotopic (exact) mass is 322 g/mol. The Morgan fingerprint density at radius 1 is 1.13 bits per heavy atom. The summed E-state index contributed by atoms with van der Waals surface area (Å²) in [4.78, 5) is 17.9. The Morgan fingerprint density at radius 3 is 2.74 bits per heavy atom. The first-order valence-electron chi connectivity index (χ1n) is 7.63. The smallest absolute Gasteiger partial charge is 0.237 e. The molecule has 0 aliphatic rings. The molecule has 0 aliphatic heterocycles. The summed E-state index contributed by atoms with van der Waals surface area (Å²) in [7, 11) is 0. The summed E-state index contributed by atoms with van der Waals surface area (Å²) in [6.45, 7) is 2.03. The maximum Gasteiger partial charge on any atom is 0.237 e.